The molecule has 0 atom stereocenters. The third kappa shape index (κ3) is 4.43. The number of ether oxygens (including phenoxy) is 1. The standard InChI is InChI=1S/C18H22FN3O3/c1-4-18(5-2,13-8-6-12(3)7-9-13)22-15(23)11-25-16-14(19)10-20-17(24)21-16/h6-10H,4-5,11H2,1-3H3,(H,22,23)(H,20,21,24). The summed E-state index contributed by atoms with van der Waals surface area (Å²) in [5.41, 5.74) is 0.864. The van der Waals surface area contributed by atoms with Crippen molar-refractivity contribution in [3.63, 3.8) is 0 Å². The molecule has 134 valence electrons. The number of hydrogen-bond acceptors (Lipinski definition) is 4. The van der Waals surface area contributed by atoms with Crippen molar-refractivity contribution in [1.29, 1.82) is 0 Å². The molecule has 0 fully saturated rings. The predicted molar refractivity (Wildman–Crippen MR) is 91.9 cm³/mol. The monoisotopic (exact) mass is 347 g/mol. The van der Waals surface area contributed by atoms with E-state index in [0.717, 1.165) is 17.3 Å². The number of aromatic nitrogens is 2. The van der Waals surface area contributed by atoms with Crippen LogP contribution in [0.25, 0.3) is 0 Å². The highest BCUT2D eigenvalue weighted by molar-refractivity contribution is 5.78. The molecular weight excluding hydrogens is 325 g/mol. The number of carbonyl (C=O) groups is 1. The van der Waals surface area contributed by atoms with Crippen molar-refractivity contribution in [2.45, 2.75) is 39.2 Å². The van der Waals surface area contributed by atoms with Crippen LogP contribution in [0.5, 0.6) is 5.88 Å². The number of amides is 1. The summed E-state index contributed by atoms with van der Waals surface area (Å²) in [4.78, 5) is 28.8. The van der Waals surface area contributed by atoms with Gasteiger partial charge in [-0.25, -0.2) is 4.79 Å². The van der Waals surface area contributed by atoms with E-state index in [1.807, 2.05) is 45.0 Å². The number of nitrogens with zero attached hydrogens (tertiary/aromatic N) is 1. The maximum Gasteiger partial charge on any atom is 0.347 e. The zero-order valence-electron chi connectivity index (χ0n) is 14.6. The lowest BCUT2D eigenvalue weighted by Crippen LogP contribution is -2.47. The van der Waals surface area contributed by atoms with Gasteiger partial charge in [0.25, 0.3) is 5.91 Å². The zero-order valence-corrected chi connectivity index (χ0v) is 14.6. The van der Waals surface area contributed by atoms with E-state index in [1.54, 1.807) is 0 Å². The second-order valence-electron chi connectivity index (χ2n) is 5.86. The zero-order chi connectivity index (χ0) is 18.4. The summed E-state index contributed by atoms with van der Waals surface area (Å²) in [7, 11) is 0. The van der Waals surface area contributed by atoms with Gasteiger partial charge in [0.15, 0.2) is 6.61 Å². The second kappa shape index (κ2) is 7.92. The molecule has 1 aromatic heterocycles. The number of halogens is 1. The van der Waals surface area contributed by atoms with E-state index in [4.69, 9.17) is 4.74 Å². The van der Waals surface area contributed by atoms with Gasteiger partial charge in [-0.2, -0.15) is 9.37 Å². The average Bonchev–Trinajstić information content (AvgIpc) is 2.61. The van der Waals surface area contributed by atoms with Crippen molar-refractivity contribution < 1.29 is 13.9 Å². The third-order valence-corrected chi connectivity index (χ3v) is 4.27. The lowest BCUT2D eigenvalue weighted by molar-refractivity contribution is -0.125. The first-order chi connectivity index (χ1) is 11.9. The summed E-state index contributed by atoms with van der Waals surface area (Å²) in [5, 5.41) is 2.98. The lowest BCUT2D eigenvalue weighted by atomic mass is 9.84. The minimum atomic E-state index is -0.830. The molecule has 0 saturated carbocycles. The maximum atomic E-state index is 13.5. The Hall–Kier alpha value is -2.70. The van der Waals surface area contributed by atoms with Gasteiger partial charge in [0.2, 0.25) is 11.7 Å². The fourth-order valence-electron chi connectivity index (χ4n) is 2.69. The van der Waals surface area contributed by atoms with Gasteiger partial charge in [-0.1, -0.05) is 43.7 Å². The fourth-order valence-corrected chi connectivity index (χ4v) is 2.69. The molecule has 7 heteroatoms. The van der Waals surface area contributed by atoms with Gasteiger partial charge in [0, 0.05) is 0 Å². The van der Waals surface area contributed by atoms with Crippen LogP contribution >= 0.6 is 0 Å². The van der Waals surface area contributed by atoms with E-state index in [-0.39, 0.29) is 0 Å². The van der Waals surface area contributed by atoms with Crippen molar-refractivity contribution in [3.8, 4) is 5.88 Å². The van der Waals surface area contributed by atoms with E-state index < -0.39 is 35.4 Å². The molecule has 0 spiro atoms. The van der Waals surface area contributed by atoms with Crippen LogP contribution in [-0.4, -0.2) is 22.5 Å². The van der Waals surface area contributed by atoms with Crippen molar-refractivity contribution in [2.24, 2.45) is 0 Å². The van der Waals surface area contributed by atoms with Crippen molar-refractivity contribution >= 4 is 5.91 Å². The first-order valence-electron chi connectivity index (χ1n) is 8.16. The molecule has 0 aliphatic rings. The Kier molecular flexibility index (Phi) is 5.90. The minimum Gasteiger partial charge on any atom is -0.467 e. The topological polar surface area (TPSA) is 84.1 Å². The van der Waals surface area contributed by atoms with Gasteiger partial charge in [-0.05, 0) is 25.3 Å². The molecule has 6 nitrogen and oxygen atoms in total. The molecule has 1 aromatic carbocycles. The fraction of sp³-hybridized carbons (Fsp3) is 0.389. The second-order valence-corrected chi connectivity index (χ2v) is 5.86. The van der Waals surface area contributed by atoms with E-state index in [1.165, 1.54) is 0 Å². The van der Waals surface area contributed by atoms with Crippen LogP contribution in [0, 0.1) is 12.7 Å². The molecular formula is C18H22FN3O3. The number of aromatic amines is 1. The van der Waals surface area contributed by atoms with Crippen molar-refractivity contribution in [2.75, 3.05) is 6.61 Å². The molecule has 2 rings (SSSR count). The molecule has 0 radical (unpaired) electrons. The SMILES string of the molecule is CCC(CC)(NC(=O)COc1[nH]c(=O)ncc1F)c1ccc(C)cc1. The minimum absolute atomic E-state index is 0.399. The highest BCUT2D eigenvalue weighted by Gasteiger charge is 2.30. The first-order valence-corrected chi connectivity index (χ1v) is 8.16. The first kappa shape index (κ1) is 18.6. The molecule has 0 saturated heterocycles. The Morgan fingerprint density at radius 3 is 2.52 bits per heavy atom. The van der Waals surface area contributed by atoms with E-state index in [2.05, 4.69) is 15.3 Å². The van der Waals surface area contributed by atoms with Gasteiger partial charge < -0.3 is 10.1 Å². The number of H-pyrrole nitrogens is 1. The van der Waals surface area contributed by atoms with E-state index in [0.29, 0.717) is 12.8 Å². The van der Waals surface area contributed by atoms with Crippen LogP contribution in [0.1, 0.15) is 37.8 Å². The van der Waals surface area contributed by atoms with Crippen LogP contribution in [-0.2, 0) is 10.3 Å². The Labute approximate surface area is 145 Å². The highest BCUT2D eigenvalue weighted by atomic mass is 19.1. The molecule has 0 unspecified atom stereocenters. The van der Waals surface area contributed by atoms with Gasteiger partial charge in [-0.15, -0.1) is 0 Å². The Morgan fingerprint density at radius 1 is 1.28 bits per heavy atom. The molecule has 2 N–H and O–H groups in total. The Balaban J connectivity index is 2.11. The summed E-state index contributed by atoms with van der Waals surface area (Å²) < 4.78 is 18.6. The van der Waals surface area contributed by atoms with Crippen molar-refractivity contribution in [1.82, 2.24) is 15.3 Å². The predicted octanol–water partition coefficient (Wildman–Crippen LogP) is 2.43. The van der Waals surface area contributed by atoms with Gasteiger partial charge in [0.1, 0.15) is 0 Å². The summed E-state index contributed by atoms with van der Waals surface area (Å²) in [6.07, 6.45) is 2.14. The summed E-state index contributed by atoms with van der Waals surface area (Å²) in [5.74, 6) is -1.63. The third-order valence-electron chi connectivity index (χ3n) is 4.27. The van der Waals surface area contributed by atoms with Crippen molar-refractivity contribution in [3.05, 3.63) is 57.9 Å². The van der Waals surface area contributed by atoms with E-state index >= 15 is 0 Å². The van der Waals surface area contributed by atoms with Gasteiger partial charge >= 0.3 is 5.69 Å². The molecule has 0 bridgehead atoms. The van der Waals surface area contributed by atoms with Crippen LogP contribution in [0.3, 0.4) is 0 Å². The molecule has 2 aromatic rings. The Morgan fingerprint density at radius 2 is 1.92 bits per heavy atom. The number of nitrogens with one attached hydrogen (secondary N) is 2. The smallest absolute Gasteiger partial charge is 0.347 e. The van der Waals surface area contributed by atoms with Crippen LogP contribution in [0.2, 0.25) is 0 Å². The van der Waals surface area contributed by atoms with Crippen LogP contribution in [0.15, 0.2) is 35.3 Å². The average molecular weight is 347 g/mol. The van der Waals surface area contributed by atoms with Gasteiger partial charge in [0.05, 0.1) is 11.7 Å². The number of aryl methyl sites for hydroxylation is 1. The number of benzene rings is 1. The van der Waals surface area contributed by atoms with E-state index in [9.17, 15) is 14.0 Å². The highest BCUT2D eigenvalue weighted by Crippen LogP contribution is 2.29. The Bertz CT molecular complexity index is 783. The molecule has 0 aliphatic carbocycles. The summed E-state index contributed by atoms with van der Waals surface area (Å²) in [6, 6.07) is 7.97. The normalized spacial score (nSPS) is 11.2. The largest absolute Gasteiger partial charge is 0.467 e. The quantitative estimate of drug-likeness (QED) is 0.806. The number of rotatable bonds is 7. The van der Waals surface area contributed by atoms with Crippen LogP contribution < -0.4 is 15.7 Å². The molecule has 25 heavy (non-hydrogen) atoms. The van der Waals surface area contributed by atoms with Gasteiger partial charge in [-0.3, -0.25) is 9.78 Å². The molecule has 0 aliphatic heterocycles. The summed E-state index contributed by atoms with van der Waals surface area (Å²) >= 11 is 0. The van der Waals surface area contributed by atoms with Crippen LogP contribution in [0.4, 0.5) is 4.39 Å². The lowest BCUT2D eigenvalue weighted by Gasteiger charge is -2.33. The molecule has 1 amide bonds. The maximum absolute atomic E-state index is 13.5. The summed E-state index contributed by atoms with van der Waals surface area (Å²) in [6.45, 7) is 5.57. The molecule has 1 heterocycles. The number of hydrogen-bond donors (Lipinski definition) is 2. The number of carbonyl (C=O) groups excluding carboxylic acids is 1.